The van der Waals surface area contributed by atoms with Crippen molar-refractivity contribution in [2.24, 2.45) is 0 Å². The van der Waals surface area contributed by atoms with Crippen LogP contribution in [-0.4, -0.2) is 52.1 Å². The summed E-state index contributed by atoms with van der Waals surface area (Å²) in [4.78, 5) is 13.5. The van der Waals surface area contributed by atoms with Crippen molar-refractivity contribution in [2.45, 2.75) is 78.1 Å². The van der Waals surface area contributed by atoms with Gasteiger partial charge in [0, 0.05) is 0 Å². The molecule has 0 aromatic rings. The van der Waals surface area contributed by atoms with Gasteiger partial charge in [-0.15, -0.1) is 0 Å². The molecule has 0 rings (SSSR count). The lowest BCUT2D eigenvalue weighted by Gasteiger charge is -2.30. The van der Waals surface area contributed by atoms with Gasteiger partial charge in [-0.2, -0.15) is 0 Å². The second-order valence-corrected chi connectivity index (χ2v) is 6.27. The van der Waals surface area contributed by atoms with Crippen molar-refractivity contribution in [1.82, 2.24) is 4.90 Å². The summed E-state index contributed by atoms with van der Waals surface area (Å²) in [6.07, 6.45) is 1.30. The number of nitrogens with zero attached hydrogens (tertiary/aromatic N) is 1. The molecular weight excluding hydrogens is 258 g/mol. The molecule has 0 radical (unpaired) electrons. The number of carbonyl (C=O) groups is 1. The summed E-state index contributed by atoms with van der Waals surface area (Å²) in [6, 6.07) is 0. The highest BCUT2D eigenvalue weighted by molar-refractivity contribution is 5.68. The maximum atomic E-state index is 12.1. The first-order valence-electron chi connectivity index (χ1n) is 7.53. The Bertz CT molecular complexity index is 262. The summed E-state index contributed by atoms with van der Waals surface area (Å²) >= 11 is 0. The largest absolute Gasteiger partial charge is 0.444 e. The Balaban J connectivity index is 4.64. The van der Waals surface area contributed by atoms with Crippen molar-refractivity contribution < 1.29 is 19.7 Å². The van der Waals surface area contributed by atoms with Gasteiger partial charge in [0.25, 0.3) is 0 Å². The molecule has 0 aliphatic heterocycles. The zero-order valence-electron chi connectivity index (χ0n) is 13.6. The molecule has 0 fully saturated rings. The molecule has 0 bridgehead atoms. The molecule has 0 aliphatic carbocycles. The van der Waals surface area contributed by atoms with Gasteiger partial charge in [-0.25, -0.2) is 4.79 Å². The molecule has 2 unspecified atom stereocenters. The van der Waals surface area contributed by atoms with Crippen molar-refractivity contribution in [3.05, 3.63) is 0 Å². The maximum absolute atomic E-state index is 12.1. The fraction of sp³-hybridized carbons (Fsp3) is 0.933. The second kappa shape index (κ2) is 9.19. The van der Waals surface area contributed by atoms with E-state index in [0.29, 0.717) is 12.8 Å². The van der Waals surface area contributed by atoms with Gasteiger partial charge in [-0.3, -0.25) is 0 Å². The Morgan fingerprint density at radius 2 is 1.45 bits per heavy atom. The first-order valence-corrected chi connectivity index (χ1v) is 7.53. The Morgan fingerprint density at radius 1 is 1.05 bits per heavy atom. The lowest BCUT2D eigenvalue weighted by molar-refractivity contribution is 0.00142. The van der Waals surface area contributed by atoms with Crippen LogP contribution in [0.25, 0.3) is 0 Å². The van der Waals surface area contributed by atoms with Gasteiger partial charge < -0.3 is 19.8 Å². The molecule has 2 atom stereocenters. The zero-order chi connectivity index (χ0) is 15.8. The fourth-order valence-electron chi connectivity index (χ4n) is 1.91. The maximum Gasteiger partial charge on any atom is 0.410 e. The Kier molecular flexibility index (Phi) is 8.81. The predicted octanol–water partition coefficient (Wildman–Crippen LogP) is 2.55. The number of aliphatic hydroxyl groups is 2. The van der Waals surface area contributed by atoms with Crippen LogP contribution in [-0.2, 0) is 4.74 Å². The Labute approximate surface area is 122 Å². The minimum atomic E-state index is -0.583. The quantitative estimate of drug-likeness (QED) is 0.720. The van der Waals surface area contributed by atoms with E-state index >= 15 is 0 Å². The first kappa shape index (κ1) is 19.2. The highest BCUT2D eigenvalue weighted by Gasteiger charge is 2.25. The van der Waals surface area contributed by atoms with Crippen LogP contribution in [0.1, 0.15) is 60.3 Å². The van der Waals surface area contributed by atoms with E-state index in [1.807, 2.05) is 13.8 Å². The first-order chi connectivity index (χ1) is 9.19. The number of hydrogen-bond acceptors (Lipinski definition) is 4. The molecule has 0 aromatic heterocycles. The third kappa shape index (κ3) is 9.15. The molecule has 0 saturated heterocycles. The van der Waals surface area contributed by atoms with E-state index in [2.05, 4.69) is 0 Å². The summed E-state index contributed by atoms with van der Waals surface area (Å²) in [5.41, 5.74) is -0.583. The molecule has 2 N–H and O–H groups in total. The molecule has 0 aromatic carbocycles. The fourth-order valence-corrected chi connectivity index (χ4v) is 1.91. The Morgan fingerprint density at radius 3 is 1.75 bits per heavy atom. The van der Waals surface area contributed by atoms with Crippen molar-refractivity contribution >= 4 is 6.09 Å². The van der Waals surface area contributed by atoms with Gasteiger partial charge in [-0.1, -0.05) is 26.7 Å². The summed E-state index contributed by atoms with van der Waals surface area (Å²) in [7, 11) is 0. The molecule has 20 heavy (non-hydrogen) atoms. The highest BCUT2D eigenvalue weighted by Crippen LogP contribution is 2.12. The van der Waals surface area contributed by atoms with E-state index in [1.54, 1.807) is 20.8 Å². The molecule has 120 valence electrons. The highest BCUT2D eigenvalue weighted by atomic mass is 16.6. The van der Waals surface area contributed by atoms with E-state index < -0.39 is 23.9 Å². The monoisotopic (exact) mass is 289 g/mol. The molecule has 0 aliphatic rings. The average Bonchev–Trinajstić information content (AvgIpc) is 2.26. The Hall–Kier alpha value is -0.810. The van der Waals surface area contributed by atoms with Crippen molar-refractivity contribution in [1.29, 1.82) is 0 Å². The van der Waals surface area contributed by atoms with E-state index in [1.165, 1.54) is 4.90 Å². The standard InChI is InChI=1S/C15H31NO4/c1-6-8-12(17)10-16(11-13(18)9-7-2)14(19)20-15(3,4)5/h12-13,17-18H,6-11H2,1-5H3. The molecule has 0 heterocycles. The lowest BCUT2D eigenvalue weighted by Crippen LogP contribution is -2.44. The van der Waals surface area contributed by atoms with Crippen LogP contribution in [0.5, 0.6) is 0 Å². The predicted molar refractivity (Wildman–Crippen MR) is 79.6 cm³/mol. The minimum Gasteiger partial charge on any atom is -0.444 e. The van der Waals surface area contributed by atoms with E-state index in [-0.39, 0.29) is 13.1 Å². The van der Waals surface area contributed by atoms with Crippen LogP contribution in [0, 0.1) is 0 Å². The normalized spacial score (nSPS) is 14.8. The van der Waals surface area contributed by atoms with Crippen LogP contribution in [0.2, 0.25) is 0 Å². The molecule has 5 heteroatoms. The molecule has 0 spiro atoms. The van der Waals surface area contributed by atoms with Crippen LogP contribution in [0.4, 0.5) is 4.79 Å². The van der Waals surface area contributed by atoms with Crippen molar-refractivity contribution in [3.63, 3.8) is 0 Å². The topological polar surface area (TPSA) is 70.0 Å². The van der Waals surface area contributed by atoms with Crippen LogP contribution < -0.4 is 0 Å². The van der Waals surface area contributed by atoms with Crippen LogP contribution in [0.3, 0.4) is 0 Å². The SMILES string of the molecule is CCCC(O)CN(CC(O)CCC)C(=O)OC(C)(C)C. The van der Waals surface area contributed by atoms with Crippen molar-refractivity contribution in [3.8, 4) is 0 Å². The van der Waals surface area contributed by atoms with Gasteiger partial charge in [-0.05, 0) is 33.6 Å². The third-order valence-corrected chi connectivity index (χ3v) is 2.76. The van der Waals surface area contributed by atoms with Crippen LogP contribution >= 0.6 is 0 Å². The minimum absolute atomic E-state index is 0.198. The lowest BCUT2D eigenvalue weighted by atomic mass is 10.1. The smallest absolute Gasteiger partial charge is 0.410 e. The molecule has 0 saturated carbocycles. The third-order valence-electron chi connectivity index (χ3n) is 2.76. The summed E-state index contributed by atoms with van der Waals surface area (Å²) in [5.74, 6) is 0. The van der Waals surface area contributed by atoms with E-state index in [0.717, 1.165) is 12.8 Å². The number of aliphatic hydroxyl groups excluding tert-OH is 2. The average molecular weight is 289 g/mol. The van der Waals surface area contributed by atoms with Crippen LogP contribution in [0.15, 0.2) is 0 Å². The summed E-state index contributed by atoms with van der Waals surface area (Å²) < 4.78 is 5.32. The molecular formula is C15H31NO4. The van der Waals surface area contributed by atoms with E-state index in [4.69, 9.17) is 4.74 Å². The molecule has 5 nitrogen and oxygen atoms in total. The zero-order valence-corrected chi connectivity index (χ0v) is 13.6. The van der Waals surface area contributed by atoms with Gasteiger partial charge >= 0.3 is 6.09 Å². The summed E-state index contributed by atoms with van der Waals surface area (Å²) in [5, 5.41) is 19.8. The van der Waals surface area contributed by atoms with Gasteiger partial charge in [0.05, 0.1) is 25.3 Å². The number of carbonyl (C=O) groups excluding carboxylic acids is 1. The second-order valence-electron chi connectivity index (χ2n) is 6.27. The van der Waals surface area contributed by atoms with Gasteiger partial charge in [0.1, 0.15) is 5.60 Å². The molecule has 1 amide bonds. The van der Waals surface area contributed by atoms with E-state index in [9.17, 15) is 15.0 Å². The van der Waals surface area contributed by atoms with Gasteiger partial charge in [0.2, 0.25) is 0 Å². The van der Waals surface area contributed by atoms with Gasteiger partial charge in [0.15, 0.2) is 0 Å². The number of ether oxygens (including phenoxy) is 1. The van der Waals surface area contributed by atoms with Crippen molar-refractivity contribution in [2.75, 3.05) is 13.1 Å². The summed E-state index contributed by atoms with van der Waals surface area (Å²) in [6.45, 7) is 9.75. The number of rotatable bonds is 8. The number of hydrogen-bond donors (Lipinski definition) is 2. The number of amides is 1.